The first-order chi connectivity index (χ1) is 14.7. The molecule has 1 aliphatic rings. The number of fused-ring (bicyclic) bond motifs is 1. The molecule has 4 rings (SSSR count). The molecule has 0 amide bonds. The maximum atomic E-state index is 3.36. The van der Waals surface area contributed by atoms with E-state index in [9.17, 15) is 0 Å². The van der Waals surface area contributed by atoms with Gasteiger partial charge >= 0.3 is 0 Å². The van der Waals surface area contributed by atoms with Crippen LogP contribution in [-0.2, 0) is 6.42 Å². The Labute approximate surface area is 182 Å². The summed E-state index contributed by atoms with van der Waals surface area (Å²) in [6.45, 7) is 4.54. The van der Waals surface area contributed by atoms with Crippen LogP contribution in [0.3, 0.4) is 0 Å². The van der Waals surface area contributed by atoms with Crippen molar-refractivity contribution in [2.45, 2.75) is 71.1 Å². The monoisotopic (exact) mass is 394 g/mol. The van der Waals surface area contributed by atoms with E-state index in [2.05, 4.69) is 86.4 Å². The minimum absolute atomic E-state index is 0.748. The third-order valence-corrected chi connectivity index (χ3v) is 6.72. The van der Waals surface area contributed by atoms with E-state index >= 15 is 0 Å². The van der Waals surface area contributed by atoms with Crippen LogP contribution >= 0.6 is 0 Å². The van der Waals surface area contributed by atoms with Gasteiger partial charge in [0, 0.05) is 11.1 Å². The molecule has 0 aromatic heterocycles. The SMILES string of the molecule is CCCc1ccc2cc(C#Cc3ccc(C4CCC(CCC)CC4)cc3)ccc2c1. The topological polar surface area (TPSA) is 0 Å². The minimum atomic E-state index is 0.748. The molecule has 1 saturated carbocycles. The van der Waals surface area contributed by atoms with Crippen LogP contribution in [-0.4, -0.2) is 0 Å². The van der Waals surface area contributed by atoms with Crippen molar-refractivity contribution in [3.8, 4) is 11.8 Å². The Kier molecular flexibility index (Phi) is 6.91. The van der Waals surface area contributed by atoms with Crippen molar-refractivity contribution >= 4 is 10.8 Å². The molecule has 0 aliphatic heterocycles. The van der Waals surface area contributed by atoms with E-state index in [-0.39, 0.29) is 0 Å². The minimum Gasteiger partial charge on any atom is -0.0654 e. The van der Waals surface area contributed by atoms with Crippen molar-refractivity contribution in [2.75, 3.05) is 0 Å². The summed E-state index contributed by atoms with van der Waals surface area (Å²) in [5.74, 6) is 8.44. The van der Waals surface area contributed by atoms with E-state index in [0.29, 0.717) is 0 Å². The molecule has 0 saturated heterocycles. The zero-order valence-corrected chi connectivity index (χ0v) is 18.6. The Morgan fingerprint density at radius 1 is 0.700 bits per heavy atom. The highest BCUT2D eigenvalue weighted by Crippen LogP contribution is 2.37. The lowest BCUT2D eigenvalue weighted by atomic mass is 9.77. The molecule has 0 bridgehead atoms. The molecule has 0 nitrogen and oxygen atoms in total. The second-order valence-electron chi connectivity index (χ2n) is 9.02. The number of hydrogen-bond acceptors (Lipinski definition) is 0. The lowest BCUT2D eigenvalue weighted by Gasteiger charge is -2.28. The maximum absolute atomic E-state index is 3.36. The standard InChI is InChI=1S/C30H34/c1-3-5-23-9-15-27(16-10-23)28-17-11-24(12-18-28)7-8-26-14-20-29-21-25(6-4-2)13-19-30(29)22-26/h11-14,17-23,27H,3-6,9-10,15-16H2,1-2H3. The third kappa shape index (κ3) is 5.14. The summed E-state index contributed by atoms with van der Waals surface area (Å²) >= 11 is 0. The fourth-order valence-electron chi connectivity index (χ4n) is 4.99. The molecular weight excluding hydrogens is 360 g/mol. The maximum Gasteiger partial charge on any atom is 0.0255 e. The van der Waals surface area contributed by atoms with Gasteiger partial charge in [-0.2, -0.15) is 0 Å². The van der Waals surface area contributed by atoms with Crippen LogP contribution in [0.25, 0.3) is 10.8 Å². The lowest BCUT2D eigenvalue weighted by molar-refractivity contribution is 0.308. The Bertz CT molecular complexity index is 1020. The molecule has 0 radical (unpaired) electrons. The molecule has 0 atom stereocenters. The van der Waals surface area contributed by atoms with E-state index in [0.717, 1.165) is 29.4 Å². The Morgan fingerprint density at radius 2 is 1.37 bits per heavy atom. The van der Waals surface area contributed by atoms with Crippen molar-refractivity contribution in [1.82, 2.24) is 0 Å². The number of hydrogen-bond donors (Lipinski definition) is 0. The van der Waals surface area contributed by atoms with Gasteiger partial charge in [0.15, 0.2) is 0 Å². The summed E-state index contributed by atoms with van der Waals surface area (Å²) in [7, 11) is 0. The zero-order chi connectivity index (χ0) is 20.8. The first-order valence-corrected chi connectivity index (χ1v) is 11.9. The lowest BCUT2D eigenvalue weighted by Crippen LogP contribution is -2.13. The predicted molar refractivity (Wildman–Crippen MR) is 130 cm³/mol. The van der Waals surface area contributed by atoms with E-state index in [1.807, 2.05) is 0 Å². The van der Waals surface area contributed by atoms with Gasteiger partial charge in [-0.25, -0.2) is 0 Å². The average Bonchev–Trinajstić information content (AvgIpc) is 2.79. The molecule has 3 aromatic rings. The number of aryl methyl sites for hydroxylation is 1. The van der Waals surface area contributed by atoms with Crippen molar-refractivity contribution < 1.29 is 0 Å². The quantitative estimate of drug-likeness (QED) is 0.382. The molecule has 1 fully saturated rings. The summed E-state index contributed by atoms with van der Waals surface area (Å²) in [4.78, 5) is 0. The van der Waals surface area contributed by atoms with Crippen LogP contribution in [0, 0.1) is 17.8 Å². The first-order valence-electron chi connectivity index (χ1n) is 11.9. The van der Waals surface area contributed by atoms with Gasteiger partial charge in [-0.3, -0.25) is 0 Å². The van der Waals surface area contributed by atoms with Gasteiger partial charge in [-0.15, -0.1) is 0 Å². The van der Waals surface area contributed by atoms with Crippen LogP contribution in [0.2, 0.25) is 0 Å². The van der Waals surface area contributed by atoms with Crippen molar-refractivity contribution in [1.29, 1.82) is 0 Å². The molecule has 0 heterocycles. The van der Waals surface area contributed by atoms with Crippen LogP contribution in [0.5, 0.6) is 0 Å². The molecule has 0 N–H and O–H groups in total. The van der Waals surface area contributed by atoms with Crippen molar-refractivity contribution in [3.63, 3.8) is 0 Å². The smallest absolute Gasteiger partial charge is 0.0255 e. The Balaban J connectivity index is 1.42. The van der Waals surface area contributed by atoms with Crippen LogP contribution in [0.1, 0.15) is 87.0 Å². The van der Waals surface area contributed by atoms with Crippen LogP contribution in [0.4, 0.5) is 0 Å². The molecule has 1 aliphatic carbocycles. The first kappa shape index (κ1) is 20.7. The van der Waals surface area contributed by atoms with E-state index in [1.54, 1.807) is 0 Å². The molecule has 0 heteroatoms. The van der Waals surface area contributed by atoms with Gasteiger partial charge in [-0.1, -0.05) is 81.3 Å². The summed E-state index contributed by atoms with van der Waals surface area (Å²) < 4.78 is 0. The predicted octanol–water partition coefficient (Wildman–Crippen LogP) is 8.27. The normalized spacial score (nSPS) is 18.7. The van der Waals surface area contributed by atoms with Gasteiger partial charge in [0.05, 0.1) is 0 Å². The van der Waals surface area contributed by atoms with Gasteiger partial charge < -0.3 is 0 Å². The second-order valence-corrected chi connectivity index (χ2v) is 9.02. The molecular formula is C30H34. The fraction of sp³-hybridized carbons (Fsp3) is 0.400. The highest BCUT2D eigenvalue weighted by atomic mass is 14.3. The summed E-state index contributed by atoms with van der Waals surface area (Å²) in [6, 6.07) is 22.4. The van der Waals surface area contributed by atoms with Crippen LogP contribution < -0.4 is 0 Å². The Hall–Kier alpha value is -2.52. The second kappa shape index (κ2) is 9.99. The molecule has 30 heavy (non-hydrogen) atoms. The third-order valence-electron chi connectivity index (χ3n) is 6.72. The van der Waals surface area contributed by atoms with Crippen molar-refractivity contribution in [2.24, 2.45) is 5.92 Å². The number of rotatable bonds is 5. The van der Waals surface area contributed by atoms with Crippen molar-refractivity contribution in [3.05, 3.63) is 82.9 Å². The zero-order valence-electron chi connectivity index (χ0n) is 18.6. The van der Waals surface area contributed by atoms with Gasteiger partial charge in [0.1, 0.15) is 0 Å². The highest BCUT2D eigenvalue weighted by molar-refractivity contribution is 5.84. The molecule has 0 spiro atoms. The van der Waals surface area contributed by atoms with E-state index in [1.165, 1.54) is 66.8 Å². The van der Waals surface area contributed by atoms with Gasteiger partial charge in [0.25, 0.3) is 0 Å². The molecule has 3 aromatic carbocycles. The number of benzene rings is 3. The van der Waals surface area contributed by atoms with E-state index < -0.39 is 0 Å². The van der Waals surface area contributed by atoms with Crippen LogP contribution in [0.15, 0.2) is 60.7 Å². The fourth-order valence-corrected chi connectivity index (χ4v) is 4.99. The molecule has 0 unspecified atom stereocenters. The molecule has 154 valence electrons. The largest absolute Gasteiger partial charge is 0.0654 e. The van der Waals surface area contributed by atoms with E-state index in [4.69, 9.17) is 0 Å². The summed E-state index contributed by atoms with van der Waals surface area (Å²) in [5.41, 5.74) is 5.12. The Morgan fingerprint density at radius 3 is 2.10 bits per heavy atom. The van der Waals surface area contributed by atoms with Gasteiger partial charge in [0.2, 0.25) is 0 Å². The van der Waals surface area contributed by atoms with Gasteiger partial charge in [-0.05, 0) is 90.1 Å². The summed E-state index contributed by atoms with van der Waals surface area (Å²) in [5, 5.41) is 2.58. The highest BCUT2D eigenvalue weighted by Gasteiger charge is 2.21. The summed E-state index contributed by atoms with van der Waals surface area (Å²) in [6.07, 6.45) is 10.6. The average molecular weight is 395 g/mol.